The van der Waals surface area contributed by atoms with Crippen molar-refractivity contribution in [2.75, 3.05) is 5.75 Å². The van der Waals surface area contributed by atoms with Gasteiger partial charge in [0.15, 0.2) is 0 Å². The first-order valence-electron chi connectivity index (χ1n) is 3.35. The lowest BCUT2D eigenvalue weighted by Crippen LogP contribution is -1.75. The lowest BCUT2D eigenvalue weighted by Gasteiger charge is -2.01. The van der Waals surface area contributed by atoms with E-state index in [1.54, 1.807) is 23.9 Å². The normalized spacial score (nSPS) is 10.0. The molecule has 0 spiro atoms. The van der Waals surface area contributed by atoms with Crippen LogP contribution in [0.25, 0.3) is 0 Å². The number of halogens is 1. The monoisotopic (exact) mass is 232 g/mol. The van der Waals surface area contributed by atoms with E-state index in [1.807, 2.05) is 6.07 Å². The number of benzene rings is 1. The Morgan fingerprint density at radius 3 is 2.91 bits per heavy atom. The largest absolute Gasteiger partial charge is 0.508 e. The zero-order chi connectivity index (χ0) is 8.27. The van der Waals surface area contributed by atoms with Gasteiger partial charge in [0.1, 0.15) is 5.75 Å². The van der Waals surface area contributed by atoms with Crippen molar-refractivity contribution in [3.05, 3.63) is 22.7 Å². The van der Waals surface area contributed by atoms with Crippen LogP contribution >= 0.6 is 27.7 Å². The maximum atomic E-state index is 9.13. The summed E-state index contributed by atoms with van der Waals surface area (Å²) in [6.45, 7) is 2.08. The van der Waals surface area contributed by atoms with Crippen LogP contribution in [0.1, 0.15) is 6.92 Å². The molecule has 60 valence electrons. The fourth-order valence-electron chi connectivity index (χ4n) is 0.758. The number of aromatic hydroxyl groups is 1. The third-order valence-electron chi connectivity index (χ3n) is 1.21. The molecule has 11 heavy (non-hydrogen) atoms. The molecular formula is C8H9BrOS. The molecule has 1 rings (SSSR count). The van der Waals surface area contributed by atoms with E-state index in [9.17, 15) is 0 Å². The van der Waals surface area contributed by atoms with Crippen LogP contribution in [0.3, 0.4) is 0 Å². The summed E-state index contributed by atoms with van der Waals surface area (Å²) in [5, 5.41) is 9.13. The van der Waals surface area contributed by atoms with E-state index in [1.165, 1.54) is 0 Å². The molecule has 0 saturated heterocycles. The van der Waals surface area contributed by atoms with Crippen molar-refractivity contribution in [3.63, 3.8) is 0 Å². The van der Waals surface area contributed by atoms with Crippen LogP contribution in [0.4, 0.5) is 0 Å². The van der Waals surface area contributed by atoms with E-state index in [0.717, 1.165) is 15.1 Å². The Morgan fingerprint density at radius 2 is 2.27 bits per heavy atom. The van der Waals surface area contributed by atoms with Crippen LogP contribution in [-0.2, 0) is 0 Å². The van der Waals surface area contributed by atoms with Crippen molar-refractivity contribution in [3.8, 4) is 5.75 Å². The highest BCUT2D eigenvalue weighted by molar-refractivity contribution is 9.10. The molecule has 0 radical (unpaired) electrons. The highest BCUT2D eigenvalue weighted by Gasteiger charge is 1.99. The summed E-state index contributed by atoms with van der Waals surface area (Å²) < 4.78 is 1.04. The van der Waals surface area contributed by atoms with Crippen molar-refractivity contribution >= 4 is 27.7 Å². The van der Waals surface area contributed by atoms with Gasteiger partial charge in [0, 0.05) is 9.37 Å². The second-order valence-corrected chi connectivity index (χ2v) is 4.21. The van der Waals surface area contributed by atoms with E-state index in [4.69, 9.17) is 5.11 Å². The van der Waals surface area contributed by atoms with Crippen LogP contribution in [-0.4, -0.2) is 10.9 Å². The number of phenols is 1. The molecule has 0 atom stereocenters. The Kier molecular flexibility index (Phi) is 3.27. The maximum absolute atomic E-state index is 9.13. The Hall–Kier alpha value is -0.150. The van der Waals surface area contributed by atoms with Gasteiger partial charge in [-0.05, 0) is 39.9 Å². The Labute approximate surface area is 78.9 Å². The molecule has 0 saturated carbocycles. The minimum Gasteiger partial charge on any atom is -0.508 e. The Morgan fingerprint density at radius 1 is 1.55 bits per heavy atom. The van der Waals surface area contributed by atoms with Crippen LogP contribution < -0.4 is 0 Å². The molecule has 0 aliphatic heterocycles. The number of rotatable bonds is 2. The molecule has 1 aromatic carbocycles. The molecule has 0 aliphatic carbocycles. The summed E-state index contributed by atoms with van der Waals surface area (Å²) in [5.74, 6) is 1.34. The fourth-order valence-corrected chi connectivity index (χ4v) is 2.07. The molecule has 1 aromatic rings. The van der Waals surface area contributed by atoms with Crippen LogP contribution in [0.5, 0.6) is 5.75 Å². The zero-order valence-electron chi connectivity index (χ0n) is 6.17. The lowest BCUT2D eigenvalue weighted by atomic mass is 10.3. The second kappa shape index (κ2) is 4.02. The minimum atomic E-state index is 0.323. The molecular weight excluding hydrogens is 224 g/mol. The third kappa shape index (κ3) is 2.42. The van der Waals surface area contributed by atoms with E-state index in [0.29, 0.717) is 5.75 Å². The first-order valence-corrected chi connectivity index (χ1v) is 5.13. The Bertz CT molecular complexity index is 250. The quantitative estimate of drug-likeness (QED) is 0.791. The first kappa shape index (κ1) is 8.94. The van der Waals surface area contributed by atoms with E-state index >= 15 is 0 Å². The molecule has 3 heteroatoms. The van der Waals surface area contributed by atoms with E-state index in [-0.39, 0.29) is 0 Å². The second-order valence-electron chi connectivity index (χ2n) is 2.05. The lowest BCUT2D eigenvalue weighted by molar-refractivity contribution is 0.473. The summed E-state index contributed by atoms with van der Waals surface area (Å²) in [6, 6.07) is 5.29. The summed E-state index contributed by atoms with van der Waals surface area (Å²) in [5.41, 5.74) is 0. The Balaban J connectivity index is 2.93. The summed E-state index contributed by atoms with van der Waals surface area (Å²) in [4.78, 5) is 1.09. The van der Waals surface area contributed by atoms with Gasteiger partial charge in [-0.25, -0.2) is 0 Å². The number of thioether (sulfide) groups is 1. The van der Waals surface area contributed by atoms with Crippen LogP contribution in [0.2, 0.25) is 0 Å². The van der Waals surface area contributed by atoms with Gasteiger partial charge in [0.2, 0.25) is 0 Å². The van der Waals surface area contributed by atoms with Gasteiger partial charge in [-0.3, -0.25) is 0 Å². The number of hydrogen-bond acceptors (Lipinski definition) is 2. The number of phenolic OH excluding ortho intramolecular Hbond substituents is 1. The molecule has 0 amide bonds. The van der Waals surface area contributed by atoms with Gasteiger partial charge in [0.05, 0.1) is 0 Å². The van der Waals surface area contributed by atoms with Gasteiger partial charge < -0.3 is 5.11 Å². The number of hydrogen-bond donors (Lipinski definition) is 1. The topological polar surface area (TPSA) is 20.2 Å². The smallest absolute Gasteiger partial charge is 0.116 e. The fraction of sp³-hybridized carbons (Fsp3) is 0.250. The molecule has 0 fully saturated rings. The molecule has 0 heterocycles. The van der Waals surface area contributed by atoms with E-state index < -0.39 is 0 Å². The van der Waals surface area contributed by atoms with Gasteiger partial charge in [-0.2, -0.15) is 0 Å². The summed E-state index contributed by atoms with van der Waals surface area (Å²) >= 11 is 5.11. The average Bonchev–Trinajstić information content (AvgIpc) is 1.98. The highest BCUT2D eigenvalue weighted by atomic mass is 79.9. The van der Waals surface area contributed by atoms with Crippen molar-refractivity contribution in [2.45, 2.75) is 11.8 Å². The van der Waals surface area contributed by atoms with Crippen molar-refractivity contribution in [2.24, 2.45) is 0 Å². The van der Waals surface area contributed by atoms with Gasteiger partial charge in [0.25, 0.3) is 0 Å². The highest BCUT2D eigenvalue weighted by Crippen LogP contribution is 2.30. The van der Waals surface area contributed by atoms with Crippen molar-refractivity contribution in [1.82, 2.24) is 0 Å². The molecule has 1 N–H and O–H groups in total. The summed E-state index contributed by atoms with van der Waals surface area (Å²) in [7, 11) is 0. The zero-order valence-corrected chi connectivity index (χ0v) is 8.58. The SMILES string of the molecule is CCSc1cc(O)ccc1Br. The predicted octanol–water partition coefficient (Wildman–Crippen LogP) is 3.27. The minimum absolute atomic E-state index is 0.323. The standard InChI is InChI=1S/C8H9BrOS/c1-2-11-8-5-6(10)3-4-7(8)9/h3-5,10H,2H2,1H3. The van der Waals surface area contributed by atoms with Gasteiger partial charge in [-0.15, -0.1) is 11.8 Å². The third-order valence-corrected chi connectivity index (χ3v) is 3.11. The molecule has 0 aliphatic rings. The van der Waals surface area contributed by atoms with Crippen LogP contribution in [0.15, 0.2) is 27.6 Å². The van der Waals surface area contributed by atoms with Crippen molar-refractivity contribution < 1.29 is 5.11 Å². The molecule has 0 bridgehead atoms. The van der Waals surface area contributed by atoms with E-state index in [2.05, 4.69) is 22.9 Å². The molecule has 0 unspecified atom stereocenters. The molecule has 0 aromatic heterocycles. The average molecular weight is 233 g/mol. The molecule has 1 nitrogen and oxygen atoms in total. The van der Waals surface area contributed by atoms with Gasteiger partial charge >= 0.3 is 0 Å². The van der Waals surface area contributed by atoms with Gasteiger partial charge in [-0.1, -0.05) is 6.92 Å². The predicted molar refractivity (Wildman–Crippen MR) is 52.2 cm³/mol. The van der Waals surface area contributed by atoms with Crippen LogP contribution in [0, 0.1) is 0 Å². The summed E-state index contributed by atoms with van der Waals surface area (Å²) in [6.07, 6.45) is 0. The first-order chi connectivity index (χ1) is 5.24. The van der Waals surface area contributed by atoms with Crippen molar-refractivity contribution in [1.29, 1.82) is 0 Å². The maximum Gasteiger partial charge on any atom is 0.116 e.